The minimum atomic E-state index is -4.82. The van der Waals surface area contributed by atoms with Crippen LogP contribution in [0.25, 0.3) is 0 Å². The molecule has 0 saturated carbocycles. The number of carbonyl (C=O) groups is 1. The molecule has 6 heteroatoms. The summed E-state index contributed by atoms with van der Waals surface area (Å²) in [5.41, 5.74) is 0. The van der Waals surface area contributed by atoms with Gasteiger partial charge in [0.1, 0.15) is 0 Å². The van der Waals surface area contributed by atoms with E-state index in [0.29, 0.717) is 17.7 Å². The van der Waals surface area contributed by atoms with E-state index in [1.165, 1.54) is 0 Å². The molecule has 1 atom stereocenters. The van der Waals surface area contributed by atoms with Crippen LogP contribution < -0.4 is 0 Å². The van der Waals surface area contributed by atoms with Crippen LogP contribution in [-0.2, 0) is 4.79 Å². The van der Waals surface area contributed by atoms with Gasteiger partial charge in [0.25, 0.3) is 0 Å². The van der Waals surface area contributed by atoms with Gasteiger partial charge in [-0.1, -0.05) is 0 Å². The van der Waals surface area contributed by atoms with Gasteiger partial charge in [0.15, 0.2) is 0 Å². The molecule has 1 amide bonds. The average molecular weight is 197 g/mol. The summed E-state index contributed by atoms with van der Waals surface area (Å²) in [5, 5.41) is 8.69. The minimum absolute atomic E-state index is 0.0869. The number of hydrogen-bond donors (Lipinski definition) is 1. The van der Waals surface area contributed by atoms with E-state index in [1.54, 1.807) is 0 Å². The highest BCUT2D eigenvalue weighted by molar-refractivity contribution is 5.82. The number of rotatable bonds is 1. The number of alkyl halides is 3. The Kier molecular flexibility index (Phi) is 2.80. The third-order valence-electron chi connectivity index (χ3n) is 2.09. The molecule has 1 saturated heterocycles. The Morgan fingerprint density at radius 1 is 1.54 bits per heavy atom. The second kappa shape index (κ2) is 3.53. The van der Waals surface area contributed by atoms with E-state index in [0.717, 1.165) is 0 Å². The molecule has 0 radical (unpaired) electrons. The normalized spacial score (nSPS) is 23.7. The summed E-state index contributed by atoms with van der Waals surface area (Å²) in [6.45, 7) is -0.314. The van der Waals surface area contributed by atoms with Gasteiger partial charge in [-0.3, -0.25) is 4.79 Å². The molecule has 0 spiro atoms. The zero-order chi connectivity index (χ0) is 10.1. The number of likely N-dealkylation sites (tertiary alicyclic amines) is 1. The average Bonchev–Trinajstić information content (AvgIpc) is 2.48. The zero-order valence-corrected chi connectivity index (χ0v) is 6.84. The Labute approximate surface area is 73.1 Å². The van der Waals surface area contributed by atoms with Gasteiger partial charge in [-0.25, -0.2) is 0 Å². The Bertz CT molecular complexity index is 204. The van der Waals surface area contributed by atoms with Crippen LogP contribution in [0.1, 0.15) is 12.8 Å². The summed E-state index contributed by atoms with van der Waals surface area (Å²) < 4.78 is 35.8. The molecule has 0 aromatic rings. The van der Waals surface area contributed by atoms with E-state index in [1.807, 2.05) is 0 Å². The van der Waals surface area contributed by atoms with Crippen molar-refractivity contribution < 1.29 is 23.1 Å². The molecule has 0 aromatic carbocycles. The molecule has 13 heavy (non-hydrogen) atoms. The predicted molar refractivity (Wildman–Crippen MR) is 37.9 cm³/mol. The van der Waals surface area contributed by atoms with Gasteiger partial charge in [-0.05, 0) is 12.8 Å². The summed E-state index contributed by atoms with van der Waals surface area (Å²) in [6, 6.07) is -0.658. The van der Waals surface area contributed by atoms with Crippen molar-refractivity contribution in [2.75, 3.05) is 13.2 Å². The highest BCUT2D eigenvalue weighted by Gasteiger charge is 2.45. The maximum Gasteiger partial charge on any atom is 0.471 e. The molecule has 1 heterocycles. The summed E-state index contributed by atoms with van der Waals surface area (Å²) in [6.07, 6.45) is -3.86. The van der Waals surface area contributed by atoms with Crippen molar-refractivity contribution in [1.29, 1.82) is 0 Å². The first-order valence-corrected chi connectivity index (χ1v) is 3.95. The fraction of sp³-hybridized carbons (Fsp3) is 0.857. The number of carbonyl (C=O) groups excluding carboxylic acids is 1. The van der Waals surface area contributed by atoms with Crippen LogP contribution in [-0.4, -0.2) is 41.3 Å². The molecule has 0 unspecified atom stereocenters. The van der Waals surface area contributed by atoms with Crippen molar-refractivity contribution in [3.8, 4) is 0 Å². The van der Waals surface area contributed by atoms with E-state index in [-0.39, 0.29) is 6.54 Å². The fourth-order valence-corrected chi connectivity index (χ4v) is 1.46. The number of amides is 1. The third kappa shape index (κ3) is 2.12. The lowest BCUT2D eigenvalue weighted by molar-refractivity contribution is -0.186. The van der Waals surface area contributed by atoms with Gasteiger partial charge in [0.2, 0.25) is 0 Å². The lowest BCUT2D eigenvalue weighted by Crippen LogP contribution is -2.45. The molecule has 0 aromatic heterocycles. The number of halogens is 3. The molecular formula is C7H10F3NO2. The van der Waals surface area contributed by atoms with Crippen LogP contribution in [0.3, 0.4) is 0 Å². The summed E-state index contributed by atoms with van der Waals surface area (Å²) in [5.74, 6) is -1.84. The van der Waals surface area contributed by atoms with E-state index >= 15 is 0 Å². The zero-order valence-electron chi connectivity index (χ0n) is 6.84. The quantitative estimate of drug-likeness (QED) is 0.666. The van der Waals surface area contributed by atoms with Crippen molar-refractivity contribution in [2.24, 2.45) is 0 Å². The van der Waals surface area contributed by atoms with Gasteiger partial charge in [0.05, 0.1) is 12.6 Å². The van der Waals surface area contributed by atoms with Crippen molar-refractivity contribution in [3.63, 3.8) is 0 Å². The van der Waals surface area contributed by atoms with Gasteiger partial charge in [-0.15, -0.1) is 0 Å². The first kappa shape index (κ1) is 10.3. The van der Waals surface area contributed by atoms with Crippen molar-refractivity contribution >= 4 is 5.91 Å². The second-order valence-electron chi connectivity index (χ2n) is 2.97. The van der Waals surface area contributed by atoms with Crippen LogP contribution in [0.15, 0.2) is 0 Å². The smallest absolute Gasteiger partial charge is 0.394 e. The van der Waals surface area contributed by atoms with Crippen LogP contribution in [0.4, 0.5) is 13.2 Å². The first-order chi connectivity index (χ1) is 5.96. The van der Waals surface area contributed by atoms with E-state index in [4.69, 9.17) is 5.11 Å². The molecule has 1 aliphatic heterocycles. The summed E-state index contributed by atoms with van der Waals surface area (Å²) in [4.78, 5) is 11.4. The number of aliphatic hydroxyl groups is 1. The van der Waals surface area contributed by atoms with Gasteiger partial charge >= 0.3 is 12.1 Å². The Balaban J connectivity index is 2.66. The number of aliphatic hydroxyl groups excluding tert-OH is 1. The van der Waals surface area contributed by atoms with Gasteiger partial charge < -0.3 is 10.0 Å². The maximum absolute atomic E-state index is 11.9. The van der Waals surface area contributed by atoms with Gasteiger partial charge in [0, 0.05) is 6.54 Å². The maximum atomic E-state index is 11.9. The fourth-order valence-electron chi connectivity index (χ4n) is 1.46. The molecule has 3 nitrogen and oxygen atoms in total. The highest BCUT2D eigenvalue weighted by atomic mass is 19.4. The minimum Gasteiger partial charge on any atom is -0.394 e. The van der Waals surface area contributed by atoms with Crippen molar-refractivity contribution in [2.45, 2.75) is 25.1 Å². The lowest BCUT2D eigenvalue weighted by Gasteiger charge is -2.23. The van der Waals surface area contributed by atoms with E-state index in [2.05, 4.69) is 0 Å². The molecule has 76 valence electrons. The van der Waals surface area contributed by atoms with Crippen molar-refractivity contribution in [3.05, 3.63) is 0 Å². The predicted octanol–water partition coefficient (Wildman–Crippen LogP) is 0.532. The topological polar surface area (TPSA) is 40.5 Å². The molecule has 0 bridgehead atoms. The van der Waals surface area contributed by atoms with Crippen LogP contribution in [0.2, 0.25) is 0 Å². The Morgan fingerprint density at radius 2 is 2.15 bits per heavy atom. The molecule has 0 aliphatic carbocycles. The lowest BCUT2D eigenvalue weighted by atomic mass is 10.2. The Hall–Kier alpha value is -0.780. The largest absolute Gasteiger partial charge is 0.471 e. The summed E-state index contributed by atoms with van der Waals surface area (Å²) in [7, 11) is 0. The second-order valence-corrected chi connectivity index (χ2v) is 2.97. The van der Waals surface area contributed by atoms with E-state index < -0.39 is 24.7 Å². The number of nitrogens with zero attached hydrogens (tertiary/aromatic N) is 1. The molecule has 1 fully saturated rings. The van der Waals surface area contributed by atoms with Crippen molar-refractivity contribution in [1.82, 2.24) is 4.90 Å². The SMILES string of the molecule is O=C(N1CCC[C@H]1CO)C(F)(F)F. The highest BCUT2D eigenvalue weighted by Crippen LogP contribution is 2.25. The molecule has 1 N–H and O–H groups in total. The molecule has 1 rings (SSSR count). The van der Waals surface area contributed by atoms with Crippen LogP contribution in [0.5, 0.6) is 0 Å². The van der Waals surface area contributed by atoms with Crippen LogP contribution >= 0.6 is 0 Å². The summed E-state index contributed by atoms with van der Waals surface area (Å²) >= 11 is 0. The first-order valence-electron chi connectivity index (χ1n) is 3.95. The standard InChI is InChI=1S/C7H10F3NO2/c8-7(9,10)6(13)11-3-1-2-5(11)4-12/h5,12H,1-4H2/t5-/m0/s1. The number of hydrogen-bond acceptors (Lipinski definition) is 2. The molecule has 1 aliphatic rings. The Morgan fingerprint density at radius 3 is 2.62 bits per heavy atom. The van der Waals surface area contributed by atoms with Crippen LogP contribution in [0, 0.1) is 0 Å². The monoisotopic (exact) mass is 197 g/mol. The third-order valence-corrected chi connectivity index (χ3v) is 2.09. The molecular weight excluding hydrogens is 187 g/mol. The van der Waals surface area contributed by atoms with Gasteiger partial charge in [-0.2, -0.15) is 13.2 Å². The van der Waals surface area contributed by atoms with E-state index in [9.17, 15) is 18.0 Å².